The molecule has 1 amide bonds. The van der Waals surface area contributed by atoms with Gasteiger partial charge in [-0.05, 0) is 37.5 Å². The van der Waals surface area contributed by atoms with Gasteiger partial charge in [0.05, 0.1) is 5.54 Å². The Morgan fingerprint density at radius 3 is 2.58 bits per heavy atom. The van der Waals surface area contributed by atoms with Crippen LogP contribution in [0, 0.1) is 12.7 Å². The highest BCUT2D eigenvalue weighted by Gasteiger charge is 2.35. The maximum atomic E-state index is 13.2. The fourth-order valence-corrected chi connectivity index (χ4v) is 2.39. The van der Waals surface area contributed by atoms with Crippen LogP contribution in [0.3, 0.4) is 0 Å². The molecule has 1 aliphatic rings. The Morgan fingerprint density at radius 1 is 1.32 bits per heavy atom. The SMILES string of the molecule is Cc1ccc(F)cc1NC(=O)C1(N)CCCCC1.Cl. The van der Waals surface area contributed by atoms with E-state index in [0.29, 0.717) is 18.5 Å². The molecule has 19 heavy (non-hydrogen) atoms. The molecule has 106 valence electrons. The summed E-state index contributed by atoms with van der Waals surface area (Å²) in [4.78, 5) is 12.2. The van der Waals surface area contributed by atoms with Crippen LogP contribution in [0.25, 0.3) is 0 Å². The highest BCUT2D eigenvalue weighted by atomic mass is 35.5. The molecule has 2 rings (SSSR count). The number of nitrogens with one attached hydrogen (secondary N) is 1. The van der Waals surface area contributed by atoms with Gasteiger partial charge >= 0.3 is 0 Å². The fraction of sp³-hybridized carbons (Fsp3) is 0.500. The summed E-state index contributed by atoms with van der Waals surface area (Å²) in [5.41, 5.74) is 6.68. The van der Waals surface area contributed by atoms with E-state index in [0.717, 1.165) is 24.8 Å². The van der Waals surface area contributed by atoms with Crippen molar-refractivity contribution in [1.82, 2.24) is 0 Å². The Kier molecular flexibility index (Phi) is 5.32. The minimum absolute atomic E-state index is 0. The lowest BCUT2D eigenvalue weighted by atomic mass is 9.82. The Labute approximate surface area is 119 Å². The number of aryl methyl sites for hydroxylation is 1. The molecule has 5 heteroatoms. The first-order valence-corrected chi connectivity index (χ1v) is 6.38. The molecule has 0 heterocycles. The second-order valence-electron chi connectivity index (χ2n) is 5.13. The normalized spacial score (nSPS) is 17.4. The standard InChI is InChI=1S/C14H19FN2O.ClH/c1-10-5-6-11(15)9-12(10)17-13(18)14(16)7-3-2-4-8-14;/h5-6,9H,2-4,7-8,16H2,1H3,(H,17,18);1H. The fourth-order valence-electron chi connectivity index (χ4n) is 2.39. The van der Waals surface area contributed by atoms with Gasteiger partial charge in [-0.25, -0.2) is 4.39 Å². The van der Waals surface area contributed by atoms with E-state index >= 15 is 0 Å². The average molecular weight is 287 g/mol. The minimum Gasteiger partial charge on any atom is -0.324 e. The second-order valence-corrected chi connectivity index (χ2v) is 5.13. The number of carbonyl (C=O) groups is 1. The van der Waals surface area contributed by atoms with Crippen molar-refractivity contribution in [2.45, 2.75) is 44.6 Å². The van der Waals surface area contributed by atoms with Crippen LogP contribution in [0.15, 0.2) is 18.2 Å². The highest BCUT2D eigenvalue weighted by molar-refractivity contribution is 5.98. The molecule has 1 aromatic rings. The van der Waals surface area contributed by atoms with Crippen molar-refractivity contribution in [3.05, 3.63) is 29.6 Å². The van der Waals surface area contributed by atoms with Gasteiger partial charge in [0.15, 0.2) is 0 Å². The van der Waals surface area contributed by atoms with Gasteiger partial charge in [0, 0.05) is 5.69 Å². The second kappa shape index (κ2) is 6.35. The van der Waals surface area contributed by atoms with E-state index in [1.807, 2.05) is 6.92 Å². The number of benzene rings is 1. The Morgan fingerprint density at radius 2 is 1.95 bits per heavy atom. The van der Waals surface area contributed by atoms with Crippen molar-refractivity contribution in [2.24, 2.45) is 5.73 Å². The molecule has 1 aromatic carbocycles. The van der Waals surface area contributed by atoms with Crippen LogP contribution in [0.1, 0.15) is 37.7 Å². The molecule has 1 fully saturated rings. The maximum Gasteiger partial charge on any atom is 0.244 e. The smallest absolute Gasteiger partial charge is 0.244 e. The van der Waals surface area contributed by atoms with Crippen molar-refractivity contribution < 1.29 is 9.18 Å². The molecule has 0 spiro atoms. The van der Waals surface area contributed by atoms with E-state index in [1.54, 1.807) is 6.07 Å². The topological polar surface area (TPSA) is 55.1 Å². The number of hydrogen-bond donors (Lipinski definition) is 2. The van der Waals surface area contributed by atoms with Crippen LogP contribution in [0.4, 0.5) is 10.1 Å². The molecule has 0 saturated heterocycles. The van der Waals surface area contributed by atoms with Crippen LogP contribution >= 0.6 is 12.4 Å². The predicted octanol–water partition coefficient (Wildman–Crippen LogP) is 3.16. The quantitative estimate of drug-likeness (QED) is 0.877. The van der Waals surface area contributed by atoms with E-state index < -0.39 is 5.54 Å². The Bertz CT molecular complexity index is 459. The largest absolute Gasteiger partial charge is 0.324 e. The van der Waals surface area contributed by atoms with Gasteiger partial charge in [-0.15, -0.1) is 12.4 Å². The molecule has 0 radical (unpaired) electrons. The third-order valence-electron chi connectivity index (χ3n) is 3.65. The molecule has 0 bridgehead atoms. The van der Waals surface area contributed by atoms with Gasteiger partial charge < -0.3 is 11.1 Å². The van der Waals surface area contributed by atoms with Crippen LogP contribution in [0.5, 0.6) is 0 Å². The predicted molar refractivity (Wildman–Crippen MR) is 77.0 cm³/mol. The van der Waals surface area contributed by atoms with Gasteiger partial charge in [0.25, 0.3) is 0 Å². The van der Waals surface area contributed by atoms with Gasteiger partial charge in [-0.3, -0.25) is 4.79 Å². The number of anilines is 1. The highest BCUT2D eigenvalue weighted by Crippen LogP contribution is 2.27. The summed E-state index contributed by atoms with van der Waals surface area (Å²) in [6, 6.07) is 4.36. The summed E-state index contributed by atoms with van der Waals surface area (Å²) in [6.07, 6.45) is 4.49. The molecule has 1 aliphatic carbocycles. The van der Waals surface area contributed by atoms with E-state index in [2.05, 4.69) is 5.32 Å². The van der Waals surface area contributed by atoms with E-state index in [-0.39, 0.29) is 24.1 Å². The first-order chi connectivity index (χ1) is 8.51. The number of hydrogen-bond acceptors (Lipinski definition) is 2. The summed E-state index contributed by atoms with van der Waals surface area (Å²) in [6.45, 7) is 1.83. The van der Waals surface area contributed by atoms with E-state index in [9.17, 15) is 9.18 Å². The zero-order valence-corrected chi connectivity index (χ0v) is 11.9. The third-order valence-corrected chi connectivity index (χ3v) is 3.65. The summed E-state index contributed by atoms with van der Waals surface area (Å²) in [7, 11) is 0. The number of nitrogens with two attached hydrogens (primary N) is 1. The van der Waals surface area contributed by atoms with Gasteiger partial charge in [0.1, 0.15) is 5.82 Å². The lowest BCUT2D eigenvalue weighted by molar-refractivity contribution is -0.122. The van der Waals surface area contributed by atoms with Crippen molar-refractivity contribution in [3.8, 4) is 0 Å². The zero-order valence-electron chi connectivity index (χ0n) is 11.0. The third kappa shape index (κ3) is 3.67. The molecule has 0 unspecified atom stereocenters. The van der Waals surface area contributed by atoms with Crippen molar-refractivity contribution in [2.75, 3.05) is 5.32 Å². The Hall–Kier alpha value is -1.13. The van der Waals surface area contributed by atoms with Crippen molar-refractivity contribution >= 4 is 24.0 Å². The number of halogens is 2. The molecular formula is C14H20ClFN2O. The van der Waals surface area contributed by atoms with Crippen LogP contribution < -0.4 is 11.1 Å². The first kappa shape index (κ1) is 15.9. The van der Waals surface area contributed by atoms with E-state index in [4.69, 9.17) is 5.73 Å². The molecule has 0 atom stereocenters. The number of rotatable bonds is 2. The first-order valence-electron chi connectivity index (χ1n) is 6.38. The Balaban J connectivity index is 0.00000180. The summed E-state index contributed by atoms with van der Waals surface area (Å²) >= 11 is 0. The summed E-state index contributed by atoms with van der Waals surface area (Å²) < 4.78 is 13.2. The lowest BCUT2D eigenvalue weighted by Crippen LogP contribution is -2.52. The average Bonchev–Trinajstić information content (AvgIpc) is 2.35. The number of carbonyl (C=O) groups excluding carboxylic acids is 1. The van der Waals surface area contributed by atoms with Crippen LogP contribution in [-0.2, 0) is 4.79 Å². The zero-order chi connectivity index (χ0) is 13.2. The molecule has 3 nitrogen and oxygen atoms in total. The number of amides is 1. The van der Waals surface area contributed by atoms with Crippen LogP contribution in [0.2, 0.25) is 0 Å². The molecular weight excluding hydrogens is 267 g/mol. The molecule has 3 N–H and O–H groups in total. The monoisotopic (exact) mass is 286 g/mol. The molecule has 0 aromatic heterocycles. The molecule has 1 saturated carbocycles. The van der Waals surface area contributed by atoms with Gasteiger partial charge in [-0.1, -0.05) is 25.3 Å². The van der Waals surface area contributed by atoms with Crippen molar-refractivity contribution in [1.29, 1.82) is 0 Å². The lowest BCUT2D eigenvalue weighted by Gasteiger charge is -2.32. The van der Waals surface area contributed by atoms with E-state index in [1.165, 1.54) is 12.1 Å². The maximum absolute atomic E-state index is 13.2. The van der Waals surface area contributed by atoms with Crippen LogP contribution in [-0.4, -0.2) is 11.4 Å². The summed E-state index contributed by atoms with van der Waals surface area (Å²) in [5, 5.41) is 2.76. The molecule has 0 aliphatic heterocycles. The minimum atomic E-state index is -0.795. The summed E-state index contributed by atoms with van der Waals surface area (Å²) in [5.74, 6) is -0.554. The van der Waals surface area contributed by atoms with Crippen molar-refractivity contribution in [3.63, 3.8) is 0 Å². The van der Waals surface area contributed by atoms with Gasteiger partial charge in [0.2, 0.25) is 5.91 Å². The van der Waals surface area contributed by atoms with Gasteiger partial charge in [-0.2, -0.15) is 0 Å².